The van der Waals surface area contributed by atoms with Crippen LogP contribution in [0.25, 0.3) is 0 Å². The van der Waals surface area contributed by atoms with E-state index in [0.29, 0.717) is 11.5 Å². The fourth-order valence-electron chi connectivity index (χ4n) is 2.40. The lowest BCUT2D eigenvalue weighted by molar-refractivity contribution is 0.102. The third kappa shape index (κ3) is 3.60. The second-order valence-corrected chi connectivity index (χ2v) is 7.63. The van der Waals surface area contributed by atoms with E-state index in [1.54, 1.807) is 60.4 Å². The molecule has 0 saturated carbocycles. The highest BCUT2D eigenvalue weighted by Crippen LogP contribution is 2.22. The van der Waals surface area contributed by atoms with Gasteiger partial charge in [0, 0.05) is 31.9 Å². The number of para-hydroxylation sites is 1. The van der Waals surface area contributed by atoms with Gasteiger partial charge in [0.1, 0.15) is 0 Å². The summed E-state index contributed by atoms with van der Waals surface area (Å²) in [5, 5.41) is 6.71. The SMILES string of the molecule is CN(c1ccccc1)S(=O)(=O)c1cccc(C(=O)Nc2ccn(C)n2)c1. The van der Waals surface area contributed by atoms with Crippen LogP contribution in [0.5, 0.6) is 0 Å². The first-order valence-electron chi connectivity index (χ1n) is 7.83. The van der Waals surface area contributed by atoms with Gasteiger partial charge in [-0.2, -0.15) is 5.10 Å². The minimum atomic E-state index is -3.78. The summed E-state index contributed by atoms with van der Waals surface area (Å²) in [6, 6.07) is 16.3. The molecule has 26 heavy (non-hydrogen) atoms. The van der Waals surface area contributed by atoms with Gasteiger partial charge in [-0.3, -0.25) is 13.8 Å². The van der Waals surface area contributed by atoms with Gasteiger partial charge in [-0.1, -0.05) is 24.3 Å². The molecule has 0 atom stereocenters. The molecule has 0 bridgehead atoms. The standard InChI is InChI=1S/C18H18N4O3S/c1-21-12-11-17(20-21)19-18(23)14-7-6-10-16(13-14)26(24,25)22(2)15-8-4-3-5-9-15/h3-13H,1-2H3,(H,19,20,23). The van der Waals surface area contributed by atoms with Crippen LogP contribution in [0.4, 0.5) is 11.5 Å². The zero-order valence-corrected chi connectivity index (χ0v) is 15.1. The summed E-state index contributed by atoms with van der Waals surface area (Å²) in [6.45, 7) is 0. The second-order valence-electron chi connectivity index (χ2n) is 5.66. The van der Waals surface area contributed by atoms with Crippen LogP contribution >= 0.6 is 0 Å². The number of nitrogens with one attached hydrogen (secondary N) is 1. The van der Waals surface area contributed by atoms with Crippen LogP contribution in [-0.4, -0.2) is 31.2 Å². The maximum absolute atomic E-state index is 12.8. The minimum Gasteiger partial charge on any atom is -0.305 e. The summed E-state index contributed by atoms with van der Waals surface area (Å²) in [5.74, 6) is -0.0322. The van der Waals surface area contributed by atoms with E-state index in [1.807, 2.05) is 6.07 Å². The molecule has 0 unspecified atom stereocenters. The van der Waals surface area contributed by atoms with Crippen molar-refractivity contribution in [2.24, 2.45) is 7.05 Å². The molecule has 1 aromatic heterocycles. The molecule has 0 saturated heterocycles. The van der Waals surface area contributed by atoms with Gasteiger partial charge in [-0.25, -0.2) is 8.42 Å². The van der Waals surface area contributed by atoms with Crippen molar-refractivity contribution < 1.29 is 13.2 Å². The largest absolute Gasteiger partial charge is 0.305 e. The van der Waals surface area contributed by atoms with Crippen LogP contribution in [0, 0.1) is 0 Å². The Morgan fingerprint density at radius 3 is 2.46 bits per heavy atom. The quantitative estimate of drug-likeness (QED) is 0.748. The Hall–Kier alpha value is -3.13. The number of hydrogen-bond donors (Lipinski definition) is 1. The average molecular weight is 370 g/mol. The van der Waals surface area contributed by atoms with E-state index < -0.39 is 15.9 Å². The van der Waals surface area contributed by atoms with E-state index in [1.165, 1.54) is 23.5 Å². The summed E-state index contributed by atoms with van der Waals surface area (Å²) < 4.78 is 28.4. The van der Waals surface area contributed by atoms with Crippen molar-refractivity contribution in [2.45, 2.75) is 4.90 Å². The van der Waals surface area contributed by atoms with Gasteiger partial charge >= 0.3 is 0 Å². The summed E-state index contributed by atoms with van der Waals surface area (Å²) >= 11 is 0. The van der Waals surface area contributed by atoms with E-state index in [0.717, 1.165) is 0 Å². The van der Waals surface area contributed by atoms with E-state index >= 15 is 0 Å². The summed E-state index contributed by atoms with van der Waals surface area (Å²) in [4.78, 5) is 12.4. The Bertz CT molecular complexity index is 1030. The molecular formula is C18H18N4O3S. The molecule has 3 rings (SSSR count). The third-order valence-electron chi connectivity index (χ3n) is 3.83. The lowest BCUT2D eigenvalue weighted by Crippen LogP contribution is -2.26. The zero-order valence-electron chi connectivity index (χ0n) is 14.3. The van der Waals surface area contributed by atoms with Crippen molar-refractivity contribution in [1.29, 1.82) is 0 Å². The van der Waals surface area contributed by atoms with Gasteiger partial charge < -0.3 is 5.32 Å². The van der Waals surface area contributed by atoms with Crippen LogP contribution < -0.4 is 9.62 Å². The van der Waals surface area contributed by atoms with Crippen molar-refractivity contribution >= 4 is 27.4 Å². The molecule has 2 aromatic carbocycles. The average Bonchev–Trinajstić information content (AvgIpc) is 3.06. The summed E-state index contributed by atoms with van der Waals surface area (Å²) in [7, 11) is -0.567. The predicted molar refractivity (Wildman–Crippen MR) is 99.6 cm³/mol. The third-order valence-corrected chi connectivity index (χ3v) is 5.61. The second kappa shape index (κ2) is 7.01. The lowest BCUT2D eigenvalue weighted by atomic mass is 10.2. The van der Waals surface area contributed by atoms with Crippen LogP contribution in [-0.2, 0) is 17.1 Å². The normalized spacial score (nSPS) is 11.2. The monoisotopic (exact) mass is 370 g/mol. The maximum atomic E-state index is 12.8. The van der Waals surface area contributed by atoms with Crippen LogP contribution in [0.2, 0.25) is 0 Å². The molecule has 0 fully saturated rings. The summed E-state index contributed by atoms with van der Waals surface area (Å²) in [5.41, 5.74) is 0.772. The number of carbonyl (C=O) groups is 1. The Morgan fingerprint density at radius 1 is 1.08 bits per heavy atom. The van der Waals surface area contributed by atoms with Gasteiger partial charge in [0.2, 0.25) is 0 Å². The number of rotatable bonds is 5. The Labute approximate surface area is 151 Å². The zero-order chi connectivity index (χ0) is 18.7. The lowest BCUT2D eigenvalue weighted by Gasteiger charge is -2.19. The highest BCUT2D eigenvalue weighted by atomic mass is 32.2. The van der Waals surface area contributed by atoms with Crippen LogP contribution in [0.1, 0.15) is 10.4 Å². The Balaban J connectivity index is 1.87. The summed E-state index contributed by atoms with van der Waals surface area (Å²) in [6.07, 6.45) is 1.70. The fourth-order valence-corrected chi connectivity index (χ4v) is 3.64. The molecule has 1 N–H and O–H groups in total. The first-order chi connectivity index (χ1) is 12.4. The van der Waals surface area contributed by atoms with Gasteiger partial charge in [-0.15, -0.1) is 0 Å². The van der Waals surface area contributed by atoms with E-state index in [2.05, 4.69) is 10.4 Å². The molecule has 1 heterocycles. The van der Waals surface area contributed by atoms with Gasteiger partial charge in [-0.05, 0) is 30.3 Å². The van der Waals surface area contributed by atoms with Gasteiger partial charge in [0.05, 0.1) is 10.6 Å². The molecule has 0 aliphatic carbocycles. The van der Waals surface area contributed by atoms with E-state index in [4.69, 9.17) is 0 Å². The predicted octanol–water partition coefficient (Wildman–Crippen LogP) is 2.50. The van der Waals surface area contributed by atoms with Crippen molar-refractivity contribution in [1.82, 2.24) is 9.78 Å². The molecule has 0 aliphatic heterocycles. The first-order valence-corrected chi connectivity index (χ1v) is 9.27. The Morgan fingerprint density at radius 2 is 1.81 bits per heavy atom. The van der Waals surface area contributed by atoms with Crippen LogP contribution in [0.15, 0.2) is 71.8 Å². The highest BCUT2D eigenvalue weighted by molar-refractivity contribution is 7.92. The topological polar surface area (TPSA) is 84.3 Å². The molecule has 0 radical (unpaired) electrons. The van der Waals surface area contributed by atoms with Crippen molar-refractivity contribution in [3.63, 3.8) is 0 Å². The number of sulfonamides is 1. The highest BCUT2D eigenvalue weighted by Gasteiger charge is 2.22. The number of aromatic nitrogens is 2. The first kappa shape index (κ1) is 17.7. The van der Waals surface area contributed by atoms with E-state index in [-0.39, 0.29) is 10.5 Å². The smallest absolute Gasteiger partial charge is 0.264 e. The molecule has 134 valence electrons. The van der Waals surface area contributed by atoms with Crippen molar-refractivity contribution in [2.75, 3.05) is 16.7 Å². The van der Waals surface area contributed by atoms with Crippen LogP contribution in [0.3, 0.4) is 0 Å². The number of hydrogen-bond acceptors (Lipinski definition) is 4. The fraction of sp³-hybridized carbons (Fsp3) is 0.111. The van der Waals surface area contributed by atoms with Crippen molar-refractivity contribution in [3.8, 4) is 0 Å². The number of aryl methyl sites for hydroxylation is 1. The van der Waals surface area contributed by atoms with E-state index in [9.17, 15) is 13.2 Å². The number of benzene rings is 2. The number of anilines is 2. The number of carbonyl (C=O) groups excluding carboxylic acids is 1. The van der Waals surface area contributed by atoms with Gasteiger partial charge in [0.15, 0.2) is 5.82 Å². The van der Waals surface area contributed by atoms with Gasteiger partial charge in [0.25, 0.3) is 15.9 Å². The molecule has 7 nitrogen and oxygen atoms in total. The molecule has 0 aliphatic rings. The molecule has 1 amide bonds. The minimum absolute atomic E-state index is 0.0394. The number of nitrogens with zero attached hydrogens (tertiary/aromatic N) is 3. The number of amides is 1. The molecule has 8 heteroatoms. The Kier molecular flexibility index (Phi) is 4.77. The van der Waals surface area contributed by atoms with Crippen molar-refractivity contribution in [3.05, 3.63) is 72.4 Å². The molecule has 3 aromatic rings. The maximum Gasteiger partial charge on any atom is 0.264 e. The molecular weight excluding hydrogens is 352 g/mol. The molecule has 0 spiro atoms.